The largest absolute Gasteiger partial charge is 0.333 e. The van der Waals surface area contributed by atoms with Gasteiger partial charge in [0, 0.05) is 36.3 Å². The average molecular weight is 350 g/mol. The van der Waals surface area contributed by atoms with Gasteiger partial charge in [0.05, 0.1) is 6.04 Å². The number of amides is 3. The van der Waals surface area contributed by atoms with Crippen molar-refractivity contribution in [2.24, 2.45) is 0 Å². The van der Waals surface area contributed by atoms with Crippen LogP contribution in [0.4, 0.5) is 10.5 Å². The van der Waals surface area contributed by atoms with Crippen LogP contribution in [-0.4, -0.2) is 42.0 Å². The van der Waals surface area contributed by atoms with E-state index in [9.17, 15) is 9.59 Å². The van der Waals surface area contributed by atoms with Gasteiger partial charge in [0.15, 0.2) is 0 Å². The van der Waals surface area contributed by atoms with E-state index in [4.69, 9.17) is 11.6 Å². The van der Waals surface area contributed by atoms with E-state index >= 15 is 0 Å². The molecule has 2 heterocycles. The molecule has 0 aromatic heterocycles. The zero-order valence-corrected chi connectivity index (χ0v) is 14.8. The normalized spacial score (nSPS) is 24.3. The lowest BCUT2D eigenvalue weighted by atomic mass is 10.0. The van der Waals surface area contributed by atoms with Crippen molar-refractivity contribution in [2.75, 3.05) is 18.0 Å². The fourth-order valence-corrected chi connectivity index (χ4v) is 3.75. The quantitative estimate of drug-likeness (QED) is 0.909. The summed E-state index contributed by atoms with van der Waals surface area (Å²) in [6.07, 6.45) is 4.65. The molecule has 0 saturated carbocycles. The first-order chi connectivity index (χ1) is 11.6. The average Bonchev–Trinajstić information content (AvgIpc) is 2.95. The number of benzene rings is 1. The summed E-state index contributed by atoms with van der Waals surface area (Å²) in [6.45, 7) is 3.44. The van der Waals surface area contributed by atoms with Crippen molar-refractivity contribution in [1.82, 2.24) is 10.2 Å². The highest BCUT2D eigenvalue weighted by Crippen LogP contribution is 2.24. The topological polar surface area (TPSA) is 52.7 Å². The number of hydrogen-bond acceptors (Lipinski definition) is 2. The van der Waals surface area contributed by atoms with Crippen molar-refractivity contribution in [3.63, 3.8) is 0 Å². The van der Waals surface area contributed by atoms with Crippen LogP contribution in [0, 0.1) is 0 Å². The summed E-state index contributed by atoms with van der Waals surface area (Å²) < 4.78 is 0. The number of halogens is 1. The molecule has 2 aliphatic rings. The van der Waals surface area contributed by atoms with Crippen LogP contribution in [0.1, 0.15) is 39.0 Å². The Kier molecular flexibility index (Phi) is 5.29. The first-order valence-corrected chi connectivity index (χ1v) is 9.09. The van der Waals surface area contributed by atoms with Crippen molar-refractivity contribution in [3.8, 4) is 0 Å². The SMILES string of the molecule is CCC1CCCCN1C(=O)NC1CC(=O)N(c2ccc(Cl)cc2)C1. The Bertz CT molecular complexity index is 605. The molecule has 1 aromatic carbocycles. The van der Waals surface area contributed by atoms with Crippen LogP contribution >= 0.6 is 11.6 Å². The van der Waals surface area contributed by atoms with Crippen molar-refractivity contribution < 1.29 is 9.59 Å². The fourth-order valence-electron chi connectivity index (χ4n) is 3.62. The Morgan fingerprint density at radius 3 is 2.75 bits per heavy atom. The summed E-state index contributed by atoms with van der Waals surface area (Å²) in [6, 6.07) is 7.37. The van der Waals surface area contributed by atoms with Crippen LogP contribution < -0.4 is 10.2 Å². The van der Waals surface area contributed by atoms with E-state index in [1.165, 1.54) is 6.42 Å². The van der Waals surface area contributed by atoms with Crippen LogP contribution in [0.3, 0.4) is 0 Å². The van der Waals surface area contributed by atoms with E-state index in [0.717, 1.165) is 31.5 Å². The second-order valence-electron chi connectivity index (χ2n) is 6.58. The molecular formula is C18H24ClN3O2. The first-order valence-electron chi connectivity index (χ1n) is 8.71. The summed E-state index contributed by atoms with van der Waals surface area (Å²) in [5, 5.41) is 3.70. The predicted octanol–water partition coefficient (Wildman–Crippen LogP) is 3.42. The third-order valence-electron chi connectivity index (χ3n) is 4.95. The molecule has 6 heteroatoms. The van der Waals surface area contributed by atoms with Crippen molar-refractivity contribution in [2.45, 2.75) is 51.1 Å². The maximum absolute atomic E-state index is 12.6. The van der Waals surface area contributed by atoms with E-state index in [-0.39, 0.29) is 18.0 Å². The zero-order valence-electron chi connectivity index (χ0n) is 14.0. The number of carbonyl (C=O) groups is 2. The van der Waals surface area contributed by atoms with Gasteiger partial charge in [0.1, 0.15) is 0 Å². The van der Waals surface area contributed by atoms with Gasteiger partial charge in [0.2, 0.25) is 5.91 Å². The van der Waals surface area contributed by atoms with Gasteiger partial charge in [-0.2, -0.15) is 0 Å². The Labute approximate surface area is 147 Å². The highest BCUT2D eigenvalue weighted by atomic mass is 35.5. The molecule has 2 atom stereocenters. The summed E-state index contributed by atoms with van der Waals surface area (Å²) in [7, 11) is 0. The van der Waals surface area contributed by atoms with Crippen LogP contribution in [0.2, 0.25) is 5.02 Å². The van der Waals surface area contributed by atoms with Gasteiger partial charge in [-0.3, -0.25) is 4.79 Å². The minimum Gasteiger partial charge on any atom is -0.333 e. The van der Waals surface area contributed by atoms with Crippen molar-refractivity contribution >= 4 is 29.2 Å². The number of piperidine rings is 1. The van der Waals surface area contributed by atoms with Crippen LogP contribution in [-0.2, 0) is 4.79 Å². The summed E-state index contributed by atoms with van der Waals surface area (Å²) >= 11 is 5.90. The van der Waals surface area contributed by atoms with Gasteiger partial charge in [-0.05, 0) is 49.9 Å². The second kappa shape index (κ2) is 7.43. The molecule has 2 unspecified atom stereocenters. The summed E-state index contributed by atoms with van der Waals surface area (Å²) in [4.78, 5) is 28.5. The van der Waals surface area contributed by atoms with Gasteiger partial charge >= 0.3 is 6.03 Å². The van der Waals surface area contributed by atoms with E-state index in [0.29, 0.717) is 24.0 Å². The number of urea groups is 1. The number of nitrogens with zero attached hydrogens (tertiary/aromatic N) is 2. The van der Waals surface area contributed by atoms with Gasteiger partial charge < -0.3 is 15.1 Å². The lowest BCUT2D eigenvalue weighted by Gasteiger charge is -2.35. The molecule has 130 valence electrons. The molecule has 2 aliphatic heterocycles. The van der Waals surface area contributed by atoms with Crippen LogP contribution in [0.15, 0.2) is 24.3 Å². The predicted molar refractivity (Wildman–Crippen MR) is 95.4 cm³/mol. The monoisotopic (exact) mass is 349 g/mol. The highest BCUT2D eigenvalue weighted by Gasteiger charge is 2.34. The number of carbonyl (C=O) groups excluding carboxylic acids is 2. The molecule has 0 bridgehead atoms. The third-order valence-corrected chi connectivity index (χ3v) is 5.20. The lowest BCUT2D eigenvalue weighted by Crippen LogP contribution is -2.51. The van der Waals surface area contributed by atoms with E-state index in [1.54, 1.807) is 17.0 Å². The summed E-state index contributed by atoms with van der Waals surface area (Å²) in [5.41, 5.74) is 0.825. The number of rotatable bonds is 3. The second-order valence-corrected chi connectivity index (χ2v) is 7.02. The smallest absolute Gasteiger partial charge is 0.317 e. The number of nitrogens with one attached hydrogen (secondary N) is 1. The van der Waals surface area contributed by atoms with Crippen molar-refractivity contribution in [1.29, 1.82) is 0 Å². The molecule has 0 aliphatic carbocycles. The van der Waals surface area contributed by atoms with Crippen LogP contribution in [0.5, 0.6) is 0 Å². The first kappa shape index (κ1) is 17.1. The number of likely N-dealkylation sites (tertiary alicyclic amines) is 1. The Balaban J connectivity index is 1.61. The van der Waals surface area contributed by atoms with Gasteiger partial charge in [0.25, 0.3) is 0 Å². The minimum atomic E-state index is -0.139. The van der Waals surface area contributed by atoms with E-state index < -0.39 is 0 Å². The van der Waals surface area contributed by atoms with E-state index in [2.05, 4.69) is 12.2 Å². The fraction of sp³-hybridized carbons (Fsp3) is 0.556. The van der Waals surface area contributed by atoms with Crippen molar-refractivity contribution in [3.05, 3.63) is 29.3 Å². The van der Waals surface area contributed by atoms with Crippen LogP contribution in [0.25, 0.3) is 0 Å². The number of anilines is 1. The molecule has 1 N–H and O–H groups in total. The van der Waals surface area contributed by atoms with Gasteiger partial charge in [-0.1, -0.05) is 18.5 Å². The molecule has 1 aromatic rings. The molecular weight excluding hydrogens is 326 g/mol. The molecule has 5 nitrogen and oxygen atoms in total. The molecule has 2 fully saturated rings. The maximum atomic E-state index is 12.6. The minimum absolute atomic E-state index is 0.0303. The maximum Gasteiger partial charge on any atom is 0.317 e. The summed E-state index contributed by atoms with van der Waals surface area (Å²) in [5.74, 6) is 0.0355. The van der Waals surface area contributed by atoms with Gasteiger partial charge in [-0.25, -0.2) is 4.79 Å². The molecule has 2 saturated heterocycles. The Morgan fingerprint density at radius 2 is 2.04 bits per heavy atom. The molecule has 3 amide bonds. The molecule has 0 radical (unpaired) electrons. The molecule has 0 spiro atoms. The third kappa shape index (κ3) is 3.66. The Morgan fingerprint density at radius 1 is 1.29 bits per heavy atom. The molecule has 24 heavy (non-hydrogen) atoms. The zero-order chi connectivity index (χ0) is 17.1. The van der Waals surface area contributed by atoms with Gasteiger partial charge in [-0.15, -0.1) is 0 Å². The Hall–Kier alpha value is -1.75. The van der Waals surface area contributed by atoms with E-state index in [1.807, 2.05) is 17.0 Å². The standard InChI is InChI=1S/C18H24ClN3O2/c1-2-15-5-3-4-10-21(15)18(24)20-14-11-17(23)22(12-14)16-8-6-13(19)7-9-16/h6-9,14-15H,2-5,10-12H2,1H3,(H,20,24). The lowest BCUT2D eigenvalue weighted by molar-refractivity contribution is -0.117. The highest BCUT2D eigenvalue weighted by molar-refractivity contribution is 6.30. The number of hydrogen-bond donors (Lipinski definition) is 1. The molecule has 3 rings (SSSR count).